The highest BCUT2D eigenvalue weighted by Gasteiger charge is 2.06. The summed E-state index contributed by atoms with van der Waals surface area (Å²) in [5, 5.41) is 6.33. The Balaban J connectivity index is 2.16. The van der Waals surface area contributed by atoms with Crippen LogP contribution < -0.4 is 16.4 Å². The predicted molar refractivity (Wildman–Crippen MR) is 75.6 cm³/mol. The van der Waals surface area contributed by atoms with Crippen molar-refractivity contribution in [2.75, 3.05) is 17.2 Å². The van der Waals surface area contributed by atoms with Crippen molar-refractivity contribution >= 4 is 17.5 Å². The van der Waals surface area contributed by atoms with Crippen LogP contribution in [0.5, 0.6) is 0 Å². The summed E-state index contributed by atoms with van der Waals surface area (Å²) in [6, 6.07) is 5.75. The summed E-state index contributed by atoms with van der Waals surface area (Å²) in [4.78, 5) is 8.64. The van der Waals surface area contributed by atoms with Gasteiger partial charge < -0.3 is 20.8 Å². The summed E-state index contributed by atoms with van der Waals surface area (Å²) >= 11 is 0. The summed E-state index contributed by atoms with van der Waals surface area (Å²) in [6.45, 7) is 6.28. The third-order valence-electron chi connectivity index (χ3n) is 2.58. The number of hydrogen-bond donors (Lipinski definition) is 3. The molecule has 0 amide bonds. The minimum atomic E-state index is 0.160. The van der Waals surface area contributed by atoms with Crippen LogP contribution in [-0.2, 0) is 0 Å². The van der Waals surface area contributed by atoms with Crippen molar-refractivity contribution < 1.29 is 4.42 Å². The van der Waals surface area contributed by atoms with E-state index in [1.807, 2.05) is 39.0 Å². The molecule has 2 rings (SSSR count). The summed E-state index contributed by atoms with van der Waals surface area (Å²) in [7, 11) is 0. The fraction of sp³-hybridized carbons (Fsp3) is 0.385. The van der Waals surface area contributed by atoms with Gasteiger partial charge in [-0.25, -0.2) is 9.97 Å². The molecule has 2 heterocycles. The maximum atomic E-state index is 5.59. The van der Waals surface area contributed by atoms with Crippen molar-refractivity contribution in [3.63, 3.8) is 0 Å². The monoisotopic (exact) mass is 261 g/mol. The molecule has 0 saturated carbocycles. The van der Waals surface area contributed by atoms with E-state index in [-0.39, 0.29) is 6.04 Å². The van der Waals surface area contributed by atoms with E-state index in [1.165, 1.54) is 0 Å². The fourth-order valence-corrected chi connectivity index (χ4v) is 1.64. The van der Waals surface area contributed by atoms with Gasteiger partial charge in [-0.3, -0.25) is 0 Å². The molecule has 0 aliphatic heterocycles. The highest BCUT2D eigenvalue weighted by atomic mass is 16.4. The van der Waals surface area contributed by atoms with Crippen molar-refractivity contribution in [1.82, 2.24) is 9.97 Å². The first-order valence-corrected chi connectivity index (χ1v) is 6.22. The van der Waals surface area contributed by atoms with Crippen LogP contribution in [-0.4, -0.2) is 22.6 Å². The number of nitrogens with zero attached hydrogens (tertiary/aromatic N) is 2. The lowest BCUT2D eigenvalue weighted by Crippen LogP contribution is -2.25. The molecule has 6 heteroatoms. The molecule has 4 N–H and O–H groups in total. The van der Waals surface area contributed by atoms with Gasteiger partial charge in [0.2, 0.25) is 0 Å². The van der Waals surface area contributed by atoms with Gasteiger partial charge >= 0.3 is 0 Å². The number of anilines is 3. The molecule has 0 aliphatic carbocycles. The van der Waals surface area contributed by atoms with Crippen molar-refractivity contribution in [2.24, 2.45) is 5.73 Å². The number of furan rings is 1. The first-order chi connectivity index (χ1) is 9.06. The highest BCUT2D eigenvalue weighted by molar-refractivity contribution is 5.55. The van der Waals surface area contributed by atoms with Gasteiger partial charge in [0.25, 0.3) is 0 Å². The number of aryl methyl sites for hydroxylation is 2. The molecule has 0 fully saturated rings. The fourth-order valence-electron chi connectivity index (χ4n) is 1.64. The standard InChI is InChI=1S/C13H19N5O/c1-8(7-14)15-11-6-12(17-10(3)16-11)18-13-5-4-9(2)19-13/h4-6,8H,7,14H2,1-3H3,(H2,15,16,17,18). The largest absolute Gasteiger partial charge is 0.446 e. The lowest BCUT2D eigenvalue weighted by molar-refractivity contribution is 0.551. The molecule has 2 aromatic heterocycles. The van der Waals surface area contributed by atoms with E-state index in [1.54, 1.807) is 0 Å². The Morgan fingerprint density at radius 2 is 2.00 bits per heavy atom. The third-order valence-corrected chi connectivity index (χ3v) is 2.58. The molecule has 0 aliphatic rings. The molecule has 19 heavy (non-hydrogen) atoms. The molecule has 102 valence electrons. The lowest BCUT2D eigenvalue weighted by atomic mass is 10.3. The molecule has 1 atom stereocenters. The molecular formula is C13H19N5O. The van der Waals surface area contributed by atoms with E-state index in [0.29, 0.717) is 24.1 Å². The van der Waals surface area contributed by atoms with E-state index >= 15 is 0 Å². The SMILES string of the molecule is Cc1nc(Nc2ccc(C)o2)cc(NC(C)CN)n1. The van der Waals surface area contributed by atoms with E-state index in [4.69, 9.17) is 10.2 Å². The second-order valence-electron chi connectivity index (χ2n) is 4.50. The van der Waals surface area contributed by atoms with Crippen molar-refractivity contribution in [3.8, 4) is 0 Å². The molecule has 0 bridgehead atoms. The van der Waals surface area contributed by atoms with Crippen molar-refractivity contribution in [2.45, 2.75) is 26.8 Å². The van der Waals surface area contributed by atoms with Gasteiger partial charge in [-0.15, -0.1) is 0 Å². The van der Waals surface area contributed by atoms with Crippen LogP contribution in [0.15, 0.2) is 22.6 Å². The van der Waals surface area contributed by atoms with Crippen LogP contribution in [0.25, 0.3) is 0 Å². The Labute approximate surface area is 112 Å². The zero-order valence-electron chi connectivity index (χ0n) is 11.4. The number of nitrogens with two attached hydrogens (primary N) is 1. The number of aromatic nitrogens is 2. The molecule has 0 aromatic carbocycles. The van der Waals surface area contributed by atoms with Gasteiger partial charge in [-0.2, -0.15) is 0 Å². The quantitative estimate of drug-likeness (QED) is 0.764. The Morgan fingerprint density at radius 3 is 2.63 bits per heavy atom. The van der Waals surface area contributed by atoms with Crippen molar-refractivity contribution in [3.05, 3.63) is 29.8 Å². The zero-order chi connectivity index (χ0) is 13.8. The first-order valence-electron chi connectivity index (χ1n) is 6.22. The summed E-state index contributed by atoms with van der Waals surface area (Å²) in [6.07, 6.45) is 0. The summed E-state index contributed by atoms with van der Waals surface area (Å²) in [5.74, 6) is 3.63. The summed E-state index contributed by atoms with van der Waals surface area (Å²) in [5.41, 5.74) is 5.59. The molecule has 2 aromatic rings. The van der Waals surface area contributed by atoms with Crippen LogP contribution in [0.4, 0.5) is 17.5 Å². The van der Waals surface area contributed by atoms with Gasteiger partial charge in [0, 0.05) is 24.7 Å². The van der Waals surface area contributed by atoms with Gasteiger partial charge in [0.1, 0.15) is 23.2 Å². The van der Waals surface area contributed by atoms with Gasteiger partial charge in [-0.05, 0) is 26.8 Å². The minimum absolute atomic E-state index is 0.160. The topological polar surface area (TPSA) is 89.0 Å². The van der Waals surface area contributed by atoms with Crippen LogP contribution in [0, 0.1) is 13.8 Å². The zero-order valence-corrected chi connectivity index (χ0v) is 11.4. The highest BCUT2D eigenvalue weighted by Crippen LogP contribution is 2.19. The molecule has 0 radical (unpaired) electrons. The maximum absolute atomic E-state index is 5.59. The Hall–Kier alpha value is -2.08. The smallest absolute Gasteiger partial charge is 0.198 e. The predicted octanol–water partition coefficient (Wildman–Crippen LogP) is 2.19. The van der Waals surface area contributed by atoms with E-state index < -0.39 is 0 Å². The van der Waals surface area contributed by atoms with E-state index in [9.17, 15) is 0 Å². The lowest BCUT2D eigenvalue weighted by Gasteiger charge is -2.13. The molecule has 1 unspecified atom stereocenters. The average Bonchev–Trinajstić information content (AvgIpc) is 2.73. The van der Waals surface area contributed by atoms with E-state index in [0.717, 1.165) is 11.6 Å². The van der Waals surface area contributed by atoms with E-state index in [2.05, 4.69) is 20.6 Å². The Kier molecular flexibility index (Phi) is 4.01. The van der Waals surface area contributed by atoms with Gasteiger partial charge in [0.15, 0.2) is 5.88 Å². The number of rotatable bonds is 5. The molecular weight excluding hydrogens is 242 g/mol. The van der Waals surface area contributed by atoms with Crippen LogP contribution in [0.2, 0.25) is 0 Å². The second-order valence-corrected chi connectivity index (χ2v) is 4.50. The molecule has 0 spiro atoms. The average molecular weight is 261 g/mol. The Morgan fingerprint density at radius 1 is 1.26 bits per heavy atom. The van der Waals surface area contributed by atoms with Crippen LogP contribution in [0.3, 0.4) is 0 Å². The third kappa shape index (κ3) is 3.69. The number of nitrogens with one attached hydrogen (secondary N) is 2. The summed E-state index contributed by atoms with van der Waals surface area (Å²) < 4.78 is 5.46. The molecule has 0 saturated heterocycles. The minimum Gasteiger partial charge on any atom is -0.446 e. The van der Waals surface area contributed by atoms with Crippen molar-refractivity contribution in [1.29, 1.82) is 0 Å². The molecule has 6 nitrogen and oxygen atoms in total. The Bertz CT molecular complexity index is 552. The van der Waals surface area contributed by atoms with Gasteiger partial charge in [0.05, 0.1) is 0 Å². The number of hydrogen-bond acceptors (Lipinski definition) is 6. The van der Waals surface area contributed by atoms with Crippen LogP contribution >= 0.6 is 0 Å². The maximum Gasteiger partial charge on any atom is 0.198 e. The van der Waals surface area contributed by atoms with Gasteiger partial charge in [-0.1, -0.05) is 0 Å². The first kappa shape index (κ1) is 13.4. The second kappa shape index (κ2) is 5.71. The van der Waals surface area contributed by atoms with Crippen LogP contribution in [0.1, 0.15) is 18.5 Å². The normalized spacial score (nSPS) is 12.2.